The van der Waals surface area contributed by atoms with Gasteiger partial charge in [-0.3, -0.25) is 9.69 Å². The standard InChI is InChI=1S/C21H30N6O2S/c1-25-7-9-26(10-8-25)11-12-27(15-17-3-5-19(29-2)6-4-17)21-22-13-18(14-23-21)24-20(28)16-30/h3-6,13-14,30H,7-12,15-16H2,1-2H3,(H,24,28). The zero-order valence-corrected chi connectivity index (χ0v) is 18.5. The van der Waals surface area contributed by atoms with E-state index in [0.717, 1.165) is 50.6 Å². The molecule has 3 rings (SSSR count). The SMILES string of the molecule is COc1ccc(CN(CCN2CCN(C)CC2)c2ncc(NC(=O)CS)cn2)cc1. The summed E-state index contributed by atoms with van der Waals surface area (Å²) >= 11 is 3.97. The third-order valence-electron chi connectivity index (χ3n) is 5.16. The summed E-state index contributed by atoms with van der Waals surface area (Å²) in [5, 5.41) is 2.72. The maximum absolute atomic E-state index is 11.5. The largest absolute Gasteiger partial charge is 0.497 e. The predicted molar refractivity (Wildman–Crippen MR) is 122 cm³/mol. The second-order valence-electron chi connectivity index (χ2n) is 7.39. The summed E-state index contributed by atoms with van der Waals surface area (Å²) < 4.78 is 5.26. The first-order valence-corrected chi connectivity index (χ1v) is 10.7. The molecule has 1 aromatic heterocycles. The van der Waals surface area contributed by atoms with Gasteiger partial charge in [0.05, 0.1) is 30.9 Å². The minimum absolute atomic E-state index is 0.121. The quantitative estimate of drug-likeness (QED) is 0.586. The average molecular weight is 431 g/mol. The van der Waals surface area contributed by atoms with Gasteiger partial charge in [0.2, 0.25) is 11.9 Å². The number of hydrogen-bond acceptors (Lipinski definition) is 8. The molecule has 0 bridgehead atoms. The van der Waals surface area contributed by atoms with Crippen LogP contribution in [0.3, 0.4) is 0 Å². The van der Waals surface area contributed by atoms with Gasteiger partial charge in [0.15, 0.2) is 0 Å². The van der Waals surface area contributed by atoms with Crippen LogP contribution in [0, 0.1) is 0 Å². The van der Waals surface area contributed by atoms with E-state index >= 15 is 0 Å². The van der Waals surface area contributed by atoms with Gasteiger partial charge in [0.25, 0.3) is 0 Å². The molecular formula is C21H30N6O2S. The van der Waals surface area contributed by atoms with Crippen LogP contribution in [-0.2, 0) is 11.3 Å². The third-order valence-corrected chi connectivity index (χ3v) is 5.45. The van der Waals surface area contributed by atoms with Crippen molar-refractivity contribution in [3.05, 3.63) is 42.2 Å². The molecule has 8 nitrogen and oxygen atoms in total. The Hall–Kier alpha value is -2.36. The van der Waals surface area contributed by atoms with Gasteiger partial charge in [-0.1, -0.05) is 12.1 Å². The molecule has 162 valence electrons. The fraction of sp³-hybridized carbons (Fsp3) is 0.476. The summed E-state index contributed by atoms with van der Waals surface area (Å²) in [4.78, 5) is 27.5. The molecule has 30 heavy (non-hydrogen) atoms. The van der Waals surface area contributed by atoms with Crippen molar-refractivity contribution >= 4 is 30.2 Å². The Bertz CT molecular complexity index is 794. The van der Waals surface area contributed by atoms with E-state index in [-0.39, 0.29) is 11.7 Å². The normalized spacial score (nSPS) is 15.0. The van der Waals surface area contributed by atoms with Crippen molar-refractivity contribution in [1.29, 1.82) is 0 Å². The summed E-state index contributed by atoms with van der Waals surface area (Å²) in [6.45, 7) is 6.79. The number of rotatable bonds is 9. The van der Waals surface area contributed by atoms with Gasteiger partial charge >= 0.3 is 0 Å². The number of anilines is 2. The number of piperazine rings is 1. The van der Waals surface area contributed by atoms with Gasteiger partial charge in [-0.05, 0) is 24.7 Å². The first kappa shape index (κ1) is 22.3. The Balaban J connectivity index is 1.69. The molecule has 2 aromatic rings. The van der Waals surface area contributed by atoms with Crippen LogP contribution in [0.1, 0.15) is 5.56 Å². The first-order valence-electron chi connectivity index (χ1n) is 10.1. The second-order valence-corrected chi connectivity index (χ2v) is 7.71. The highest BCUT2D eigenvalue weighted by Gasteiger charge is 2.17. The lowest BCUT2D eigenvalue weighted by Crippen LogP contribution is -2.47. The van der Waals surface area contributed by atoms with Crippen LogP contribution in [-0.4, -0.2) is 84.9 Å². The molecule has 0 aliphatic carbocycles. The fourth-order valence-electron chi connectivity index (χ4n) is 3.28. The number of hydrogen-bond donors (Lipinski definition) is 2. The first-order chi connectivity index (χ1) is 14.6. The Morgan fingerprint density at radius 1 is 1.17 bits per heavy atom. The number of carbonyl (C=O) groups excluding carboxylic acids is 1. The van der Waals surface area contributed by atoms with E-state index in [9.17, 15) is 4.79 Å². The van der Waals surface area contributed by atoms with Gasteiger partial charge in [0, 0.05) is 45.8 Å². The smallest absolute Gasteiger partial charge is 0.234 e. The predicted octanol–water partition coefficient (Wildman–Crippen LogP) is 1.61. The monoisotopic (exact) mass is 430 g/mol. The molecular weight excluding hydrogens is 400 g/mol. The molecule has 1 aromatic carbocycles. The lowest BCUT2D eigenvalue weighted by atomic mass is 10.2. The van der Waals surface area contributed by atoms with Crippen molar-refractivity contribution in [2.24, 2.45) is 0 Å². The molecule has 0 radical (unpaired) electrons. The average Bonchev–Trinajstić information content (AvgIpc) is 2.78. The number of ether oxygens (including phenoxy) is 1. The van der Waals surface area contributed by atoms with Crippen molar-refractivity contribution in [3.63, 3.8) is 0 Å². The van der Waals surface area contributed by atoms with Crippen LogP contribution in [0.25, 0.3) is 0 Å². The summed E-state index contributed by atoms with van der Waals surface area (Å²) in [5.41, 5.74) is 1.73. The van der Waals surface area contributed by atoms with Crippen molar-refractivity contribution in [1.82, 2.24) is 19.8 Å². The molecule has 1 N–H and O–H groups in total. The number of aromatic nitrogens is 2. The number of methoxy groups -OCH3 is 1. The molecule has 2 heterocycles. The molecule has 0 unspecified atom stereocenters. The molecule has 1 amide bonds. The summed E-state index contributed by atoms with van der Waals surface area (Å²) in [6, 6.07) is 8.04. The number of thiol groups is 1. The Labute approximate surface area is 183 Å². The van der Waals surface area contributed by atoms with Gasteiger partial charge in [-0.15, -0.1) is 0 Å². The number of benzene rings is 1. The van der Waals surface area contributed by atoms with E-state index in [1.165, 1.54) is 0 Å². The number of amides is 1. The zero-order valence-electron chi connectivity index (χ0n) is 17.6. The van der Waals surface area contributed by atoms with Crippen molar-refractivity contribution in [3.8, 4) is 5.75 Å². The second kappa shape index (κ2) is 11.1. The van der Waals surface area contributed by atoms with Crippen LogP contribution in [0.5, 0.6) is 5.75 Å². The van der Waals surface area contributed by atoms with Crippen molar-refractivity contribution in [2.45, 2.75) is 6.54 Å². The van der Waals surface area contributed by atoms with Gasteiger partial charge in [0.1, 0.15) is 5.75 Å². The lowest BCUT2D eigenvalue weighted by Gasteiger charge is -2.34. The third kappa shape index (κ3) is 6.58. The van der Waals surface area contributed by atoms with Crippen LogP contribution >= 0.6 is 12.6 Å². The zero-order chi connectivity index (χ0) is 21.3. The minimum Gasteiger partial charge on any atom is -0.497 e. The molecule has 1 saturated heterocycles. The molecule has 9 heteroatoms. The maximum Gasteiger partial charge on any atom is 0.234 e. The summed E-state index contributed by atoms with van der Waals surface area (Å²) in [7, 11) is 3.83. The number of likely N-dealkylation sites (N-methyl/N-ethyl adjacent to an activating group) is 1. The van der Waals surface area contributed by atoms with Gasteiger partial charge in [-0.2, -0.15) is 12.6 Å². The molecule has 1 aliphatic heterocycles. The summed E-state index contributed by atoms with van der Waals surface area (Å²) in [5.74, 6) is 1.42. The number of nitrogens with zero attached hydrogens (tertiary/aromatic N) is 5. The van der Waals surface area contributed by atoms with Gasteiger partial charge in [-0.25, -0.2) is 9.97 Å². The van der Waals surface area contributed by atoms with Crippen LogP contribution in [0.4, 0.5) is 11.6 Å². The van der Waals surface area contributed by atoms with Crippen LogP contribution in [0.15, 0.2) is 36.7 Å². The number of carbonyl (C=O) groups is 1. The van der Waals surface area contributed by atoms with Crippen LogP contribution in [0.2, 0.25) is 0 Å². The highest BCUT2D eigenvalue weighted by atomic mass is 32.1. The van der Waals surface area contributed by atoms with E-state index in [2.05, 4.69) is 61.8 Å². The molecule has 0 spiro atoms. The molecule has 0 atom stereocenters. The van der Waals surface area contributed by atoms with Crippen molar-refractivity contribution < 1.29 is 9.53 Å². The Kier molecular flexibility index (Phi) is 8.30. The highest BCUT2D eigenvalue weighted by molar-refractivity contribution is 7.81. The Morgan fingerprint density at radius 3 is 2.43 bits per heavy atom. The van der Waals surface area contributed by atoms with E-state index in [1.54, 1.807) is 19.5 Å². The van der Waals surface area contributed by atoms with Crippen molar-refractivity contribution in [2.75, 3.05) is 69.4 Å². The minimum atomic E-state index is -0.181. The van der Waals surface area contributed by atoms with E-state index < -0.39 is 0 Å². The number of nitrogens with one attached hydrogen (secondary N) is 1. The Morgan fingerprint density at radius 2 is 1.83 bits per heavy atom. The van der Waals surface area contributed by atoms with E-state index in [1.807, 2.05) is 12.1 Å². The van der Waals surface area contributed by atoms with E-state index in [0.29, 0.717) is 18.2 Å². The van der Waals surface area contributed by atoms with E-state index in [4.69, 9.17) is 4.74 Å². The van der Waals surface area contributed by atoms with Crippen LogP contribution < -0.4 is 15.0 Å². The van der Waals surface area contributed by atoms with Gasteiger partial charge < -0.3 is 19.9 Å². The molecule has 0 saturated carbocycles. The lowest BCUT2D eigenvalue weighted by molar-refractivity contribution is -0.113. The maximum atomic E-state index is 11.5. The highest BCUT2D eigenvalue weighted by Crippen LogP contribution is 2.17. The summed E-state index contributed by atoms with van der Waals surface area (Å²) in [6.07, 6.45) is 3.28. The molecule has 1 fully saturated rings. The fourth-order valence-corrected chi connectivity index (χ4v) is 3.36. The topological polar surface area (TPSA) is 73.8 Å². The molecule has 1 aliphatic rings.